The molecule has 3 amide bonds. The third kappa shape index (κ3) is 7.59. The Bertz CT molecular complexity index is 889. The first kappa shape index (κ1) is 22.0. The minimum absolute atomic E-state index is 0.0388. The van der Waals surface area contributed by atoms with Crippen molar-refractivity contribution in [2.75, 3.05) is 19.8 Å². The molecule has 164 valence electrons. The van der Waals surface area contributed by atoms with Crippen LogP contribution < -0.4 is 20.8 Å². The Hall–Kier alpha value is -3.66. The second-order valence-corrected chi connectivity index (χ2v) is 6.76. The summed E-state index contributed by atoms with van der Waals surface area (Å²) in [6, 6.07) is 10.2. The Morgan fingerprint density at radius 2 is 1.97 bits per heavy atom. The third-order valence-corrected chi connectivity index (χ3v) is 4.39. The SMILES string of the molecule is O=C(COc1ccc(/C=N\NC(=O)C(=O)NC[C@@H]2CCCO2)cc1)NCc1ccco1. The molecular formula is C21H24N4O6. The van der Waals surface area contributed by atoms with E-state index in [4.69, 9.17) is 13.9 Å². The fourth-order valence-electron chi connectivity index (χ4n) is 2.76. The minimum Gasteiger partial charge on any atom is -0.484 e. The summed E-state index contributed by atoms with van der Waals surface area (Å²) in [7, 11) is 0. The van der Waals surface area contributed by atoms with E-state index in [1.807, 2.05) is 0 Å². The monoisotopic (exact) mass is 428 g/mol. The molecule has 1 fully saturated rings. The molecule has 0 radical (unpaired) electrons. The van der Waals surface area contributed by atoms with Crippen molar-refractivity contribution in [1.29, 1.82) is 0 Å². The van der Waals surface area contributed by atoms with Crippen LogP contribution in [-0.4, -0.2) is 49.8 Å². The molecule has 2 heterocycles. The number of furan rings is 1. The van der Waals surface area contributed by atoms with E-state index in [1.54, 1.807) is 36.4 Å². The lowest BCUT2D eigenvalue weighted by molar-refractivity contribution is -0.139. The molecule has 31 heavy (non-hydrogen) atoms. The molecule has 1 aliphatic rings. The van der Waals surface area contributed by atoms with Crippen molar-refractivity contribution in [1.82, 2.24) is 16.1 Å². The average Bonchev–Trinajstić information content (AvgIpc) is 3.49. The van der Waals surface area contributed by atoms with Crippen molar-refractivity contribution in [2.24, 2.45) is 5.10 Å². The predicted octanol–water partition coefficient (Wildman–Crippen LogP) is 0.720. The van der Waals surface area contributed by atoms with Crippen LogP contribution in [0.3, 0.4) is 0 Å². The van der Waals surface area contributed by atoms with Crippen molar-refractivity contribution >= 4 is 23.9 Å². The molecule has 2 aromatic rings. The highest BCUT2D eigenvalue weighted by Gasteiger charge is 2.18. The highest BCUT2D eigenvalue weighted by atomic mass is 16.5. The number of nitrogens with zero attached hydrogens (tertiary/aromatic N) is 1. The number of hydrogen-bond acceptors (Lipinski definition) is 7. The molecule has 0 bridgehead atoms. The van der Waals surface area contributed by atoms with Crippen LogP contribution in [0.5, 0.6) is 5.75 Å². The summed E-state index contributed by atoms with van der Waals surface area (Å²) in [5, 5.41) is 8.96. The van der Waals surface area contributed by atoms with E-state index in [1.165, 1.54) is 12.5 Å². The molecule has 1 aliphatic heterocycles. The zero-order chi connectivity index (χ0) is 21.9. The second-order valence-electron chi connectivity index (χ2n) is 6.76. The number of nitrogens with one attached hydrogen (secondary N) is 3. The number of carbonyl (C=O) groups is 3. The van der Waals surface area contributed by atoms with Gasteiger partial charge in [-0.2, -0.15) is 5.10 Å². The van der Waals surface area contributed by atoms with Gasteiger partial charge in [0.15, 0.2) is 6.61 Å². The van der Waals surface area contributed by atoms with Gasteiger partial charge < -0.3 is 24.5 Å². The predicted molar refractivity (Wildman–Crippen MR) is 110 cm³/mol. The lowest BCUT2D eigenvalue weighted by Crippen LogP contribution is -2.41. The molecule has 1 aromatic carbocycles. The number of carbonyl (C=O) groups excluding carboxylic acids is 3. The number of rotatable bonds is 9. The number of hydrazone groups is 1. The molecule has 1 aromatic heterocycles. The lowest BCUT2D eigenvalue weighted by atomic mass is 10.2. The first-order valence-electron chi connectivity index (χ1n) is 9.85. The normalized spacial score (nSPS) is 15.5. The Morgan fingerprint density at radius 1 is 1.13 bits per heavy atom. The molecule has 0 spiro atoms. The van der Waals surface area contributed by atoms with E-state index < -0.39 is 11.8 Å². The smallest absolute Gasteiger partial charge is 0.329 e. The standard InChI is InChI=1S/C21H24N4O6/c26-19(22-12-17-3-1-9-29-17)14-31-16-7-5-15(6-8-16)11-24-25-21(28)20(27)23-13-18-4-2-10-30-18/h1,3,5-9,11,18H,2,4,10,12-14H2,(H,22,26)(H,23,27)(H,25,28)/b24-11-/t18-/m0/s1. The van der Waals surface area contributed by atoms with Crippen LogP contribution in [0.15, 0.2) is 52.2 Å². The van der Waals surface area contributed by atoms with E-state index >= 15 is 0 Å². The van der Waals surface area contributed by atoms with Crippen LogP contribution in [0.1, 0.15) is 24.2 Å². The van der Waals surface area contributed by atoms with E-state index in [9.17, 15) is 14.4 Å². The fraction of sp³-hybridized carbons (Fsp3) is 0.333. The van der Waals surface area contributed by atoms with E-state index in [0.717, 1.165) is 12.8 Å². The van der Waals surface area contributed by atoms with Crippen LogP contribution >= 0.6 is 0 Å². The van der Waals surface area contributed by atoms with Crippen LogP contribution in [0.2, 0.25) is 0 Å². The van der Waals surface area contributed by atoms with Gasteiger partial charge in [-0.3, -0.25) is 14.4 Å². The van der Waals surface area contributed by atoms with Gasteiger partial charge >= 0.3 is 11.8 Å². The van der Waals surface area contributed by atoms with Crippen LogP contribution in [0.4, 0.5) is 0 Å². The Labute approximate surface area is 179 Å². The molecule has 0 saturated carbocycles. The molecule has 0 unspecified atom stereocenters. The van der Waals surface area contributed by atoms with Gasteiger partial charge in [0.25, 0.3) is 5.91 Å². The number of ether oxygens (including phenoxy) is 2. The van der Waals surface area contributed by atoms with Crippen molar-refractivity contribution in [3.8, 4) is 5.75 Å². The van der Waals surface area contributed by atoms with Crippen molar-refractivity contribution in [2.45, 2.75) is 25.5 Å². The van der Waals surface area contributed by atoms with Crippen LogP contribution in [-0.2, 0) is 25.7 Å². The van der Waals surface area contributed by atoms with Crippen molar-refractivity contribution in [3.05, 3.63) is 54.0 Å². The fourth-order valence-corrected chi connectivity index (χ4v) is 2.76. The van der Waals surface area contributed by atoms with Crippen molar-refractivity contribution in [3.63, 3.8) is 0 Å². The average molecular weight is 428 g/mol. The van der Waals surface area contributed by atoms with E-state index in [0.29, 0.717) is 36.8 Å². The van der Waals surface area contributed by atoms with Gasteiger partial charge in [0.2, 0.25) is 0 Å². The quantitative estimate of drug-likeness (QED) is 0.306. The summed E-state index contributed by atoms with van der Waals surface area (Å²) in [4.78, 5) is 35.2. The van der Waals surface area contributed by atoms with Gasteiger partial charge in [-0.25, -0.2) is 5.43 Å². The van der Waals surface area contributed by atoms with Crippen LogP contribution in [0.25, 0.3) is 0 Å². The maximum absolute atomic E-state index is 11.8. The molecular weight excluding hydrogens is 404 g/mol. The number of benzene rings is 1. The maximum atomic E-state index is 11.8. The number of hydrogen-bond donors (Lipinski definition) is 3. The largest absolute Gasteiger partial charge is 0.484 e. The molecule has 3 rings (SSSR count). The van der Waals surface area contributed by atoms with Gasteiger partial charge in [0.05, 0.1) is 25.1 Å². The molecule has 1 atom stereocenters. The summed E-state index contributed by atoms with van der Waals surface area (Å²) in [6.07, 6.45) is 4.72. The second kappa shape index (κ2) is 11.5. The number of amides is 3. The van der Waals surface area contributed by atoms with E-state index in [-0.39, 0.29) is 18.6 Å². The maximum Gasteiger partial charge on any atom is 0.329 e. The van der Waals surface area contributed by atoms with Gasteiger partial charge in [0, 0.05) is 13.2 Å². The molecule has 10 heteroatoms. The highest BCUT2D eigenvalue weighted by Crippen LogP contribution is 2.11. The summed E-state index contributed by atoms with van der Waals surface area (Å²) >= 11 is 0. The van der Waals surface area contributed by atoms with Gasteiger partial charge in [-0.1, -0.05) is 0 Å². The molecule has 10 nitrogen and oxygen atoms in total. The van der Waals surface area contributed by atoms with Crippen molar-refractivity contribution < 1.29 is 28.3 Å². The first-order valence-corrected chi connectivity index (χ1v) is 9.85. The Kier molecular flexibility index (Phi) is 8.18. The Morgan fingerprint density at radius 3 is 2.68 bits per heavy atom. The Balaban J connectivity index is 1.34. The topological polar surface area (TPSA) is 131 Å². The highest BCUT2D eigenvalue weighted by molar-refractivity contribution is 6.35. The zero-order valence-electron chi connectivity index (χ0n) is 16.8. The summed E-state index contributed by atoms with van der Waals surface area (Å²) in [5.74, 6) is -0.730. The lowest BCUT2D eigenvalue weighted by Gasteiger charge is -2.09. The first-order chi connectivity index (χ1) is 15.1. The zero-order valence-corrected chi connectivity index (χ0v) is 16.8. The summed E-state index contributed by atoms with van der Waals surface area (Å²) in [6.45, 7) is 1.14. The third-order valence-electron chi connectivity index (χ3n) is 4.39. The molecule has 1 saturated heterocycles. The van der Waals surface area contributed by atoms with Gasteiger partial charge in [-0.15, -0.1) is 0 Å². The molecule has 0 aliphatic carbocycles. The minimum atomic E-state index is -0.852. The summed E-state index contributed by atoms with van der Waals surface area (Å²) < 4.78 is 15.9. The summed E-state index contributed by atoms with van der Waals surface area (Å²) in [5.41, 5.74) is 2.85. The van der Waals surface area contributed by atoms with Gasteiger partial charge in [-0.05, 0) is 54.8 Å². The molecule has 3 N–H and O–H groups in total. The van der Waals surface area contributed by atoms with Gasteiger partial charge in [0.1, 0.15) is 11.5 Å². The van der Waals surface area contributed by atoms with Crippen LogP contribution in [0, 0.1) is 0 Å². The van der Waals surface area contributed by atoms with E-state index in [2.05, 4.69) is 21.2 Å².